The van der Waals surface area contributed by atoms with Crippen LogP contribution < -0.4 is 0 Å². The summed E-state index contributed by atoms with van der Waals surface area (Å²) in [5, 5.41) is 11.2. The van der Waals surface area contributed by atoms with Gasteiger partial charge in [-0.3, -0.25) is 0 Å². The molecule has 3 aromatic rings. The molecule has 0 spiro atoms. The number of furan rings is 1. The van der Waals surface area contributed by atoms with E-state index in [1.165, 1.54) is 4.68 Å². The van der Waals surface area contributed by atoms with E-state index in [1.54, 1.807) is 18.5 Å². The van der Waals surface area contributed by atoms with Crippen molar-refractivity contribution in [3.8, 4) is 11.6 Å². The van der Waals surface area contributed by atoms with Crippen molar-refractivity contribution >= 4 is 24.5 Å². The number of hydrogen-bond donors (Lipinski definition) is 1. The van der Waals surface area contributed by atoms with Gasteiger partial charge in [0.15, 0.2) is 5.76 Å². The number of allylic oxidation sites excluding steroid dienone is 1. The maximum Gasteiger partial charge on any atom is 0.219 e. The number of nitrogens with one attached hydrogen (secondary N) is 1. The lowest BCUT2D eigenvalue weighted by molar-refractivity contribution is 0.573. The molecule has 6 heteroatoms. The fourth-order valence-corrected chi connectivity index (χ4v) is 2.14. The Labute approximate surface area is 132 Å². The minimum Gasteiger partial charge on any atom is -0.461 e. The first-order valence-electron chi connectivity index (χ1n) is 6.73. The molecule has 22 heavy (non-hydrogen) atoms. The van der Waals surface area contributed by atoms with Crippen molar-refractivity contribution in [2.75, 3.05) is 0 Å². The Hall–Kier alpha value is -2.73. The first-order valence-corrected chi connectivity index (χ1v) is 7.14. The summed E-state index contributed by atoms with van der Waals surface area (Å²) >= 11 is 5.20. The zero-order valence-electron chi connectivity index (χ0n) is 11.9. The molecule has 0 radical (unpaired) electrons. The zero-order valence-corrected chi connectivity index (χ0v) is 12.7. The number of benzene rings is 1. The highest BCUT2D eigenvalue weighted by Gasteiger charge is 2.10. The van der Waals surface area contributed by atoms with Crippen LogP contribution in [-0.2, 0) is 0 Å². The number of hydrogen-bond acceptors (Lipinski definition) is 4. The summed E-state index contributed by atoms with van der Waals surface area (Å²) in [7, 11) is 0. The van der Waals surface area contributed by atoms with Crippen molar-refractivity contribution in [2.24, 2.45) is 5.10 Å². The van der Waals surface area contributed by atoms with Crippen LogP contribution in [0.2, 0.25) is 0 Å². The Kier molecular flexibility index (Phi) is 4.11. The molecule has 110 valence electrons. The largest absolute Gasteiger partial charge is 0.461 e. The van der Waals surface area contributed by atoms with Crippen LogP contribution in [0.1, 0.15) is 12.5 Å². The maximum atomic E-state index is 5.34. The van der Waals surface area contributed by atoms with Gasteiger partial charge in [-0.25, -0.2) is 5.10 Å². The third kappa shape index (κ3) is 3.12. The minimum atomic E-state index is 0.412. The lowest BCUT2D eigenvalue weighted by Crippen LogP contribution is -1.94. The molecule has 0 aliphatic heterocycles. The van der Waals surface area contributed by atoms with E-state index in [0.29, 0.717) is 16.4 Å². The fourth-order valence-electron chi connectivity index (χ4n) is 1.96. The molecule has 2 aromatic heterocycles. The summed E-state index contributed by atoms with van der Waals surface area (Å²) in [5.74, 6) is 1.15. The number of aromatic amines is 1. The van der Waals surface area contributed by atoms with Crippen molar-refractivity contribution < 1.29 is 4.42 Å². The highest BCUT2D eigenvalue weighted by atomic mass is 32.1. The van der Waals surface area contributed by atoms with Crippen molar-refractivity contribution in [1.29, 1.82) is 0 Å². The molecule has 0 saturated carbocycles. The van der Waals surface area contributed by atoms with Crippen LogP contribution in [0.3, 0.4) is 0 Å². The molecule has 0 amide bonds. The van der Waals surface area contributed by atoms with Gasteiger partial charge in [-0.05, 0) is 42.4 Å². The average Bonchev–Trinajstić information content (AvgIpc) is 3.16. The Morgan fingerprint density at radius 2 is 2.09 bits per heavy atom. The van der Waals surface area contributed by atoms with Gasteiger partial charge in [-0.15, -0.1) is 5.10 Å². The maximum absolute atomic E-state index is 5.34. The topological polar surface area (TPSA) is 59.1 Å². The molecule has 1 N–H and O–H groups in total. The first kappa shape index (κ1) is 14.2. The van der Waals surface area contributed by atoms with E-state index in [0.717, 1.165) is 11.1 Å². The third-order valence-corrected chi connectivity index (χ3v) is 3.23. The third-order valence-electron chi connectivity index (χ3n) is 2.96. The number of nitrogens with zero attached hydrogens (tertiary/aromatic N) is 3. The fraction of sp³-hybridized carbons (Fsp3) is 0.0625. The molecule has 0 saturated heterocycles. The normalized spacial score (nSPS) is 12.1. The van der Waals surface area contributed by atoms with Crippen LogP contribution in [0.4, 0.5) is 0 Å². The standard InChI is InChI=1S/C16H14N4OS/c1-12(10-13-6-3-2-4-7-13)11-17-20-15(18-19-16(20)22)14-8-5-9-21-14/h2-11H,1H3,(H,19,22)/b12-10-,17-11-. The number of H-pyrrole nitrogens is 1. The summed E-state index contributed by atoms with van der Waals surface area (Å²) in [6, 6.07) is 13.7. The first-order chi connectivity index (χ1) is 10.7. The van der Waals surface area contributed by atoms with Crippen molar-refractivity contribution in [2.45, 2.75) is 6.92 Å². The predicted octanol–water partition coefficient (Wildman–Crippen LogP) is 4.14. The molecule has 5 nitrogen and oxygen atoms in total. The Morgan fingerprint density at radius 1 is 1.27 bits per heavy atom. The van der Waals surface area contributed by atoms with Crippen LogP contribution in [0.5, 0.6) is 0 Å². The molecular weight excluding hydrogens is 296 g/mol. The highest BCUT2D eigenvalue weighted by Crippen LogP contribution is 2.17. The van der Waals surface area contributed by atoms with Crippen LogP contribution >= 0.6 is 12.2 Å². The molecule has 2 heterocycles. The second-order valence-electron chi connectivity index (χ2n) is 4.69. The molecular formula is C16H14N4OS. The molecule has 1 aromatic carbocycles. The van der Waals surface area contributed by atoms with Gasteiger partial charge >= 0.3 is 0 Å². The second kappa shape index (κ2) is 6.36. The second-order valence-corrected chi connectivity index (χ2v) is 5.07. The molecule has 0 aliphatic carbocycles. The molecule has 0 aliphatic rings. The summed E-state index contributed by atoms with van der Waals surface area (Å²) in [4.78, 5) is 0. The summed E-state index contributed by atoms with van der Waals surface area (Å²) in [5.41, 5.74) is 2.12. The highest BCUT2D eigenvalue weighted by molar-refractivity contribution is 7.71. The van der Waals surface area contributed by atoms with E-state index in [1.807, 2.05) is 49.4 Å². The van der Waals surface area contributed by atoms with Crippen molar-refractivity contribution in [1.82, 2.24) is 14.9 Å². The SMILES string of the molecule is CC(/C=N\n1c(-c2ccco2)n[nH]c1=S)=C/c1ccccc1. The van der Waals surface area contributed by atoms with Crippen molar-refractivity contribution in [3.63, 3.8) is 0 Å². The molecule has 3 rings (SSSR count). The van der Waals surface area contributed by atoms with E-state index in [9.17, 15) is 0 Å². The van der Waals surface area contributed by atoms with Gasteiger partial charge in [-0.1, -0.05) is 36.4 Å². The van der Waals surface area contributed by atoms with Gasteiger partial charge in [0.2, 0.25) is 10.6 Å². The van der Waals surface area contributed by atoms with Gasteiger partial charge in [-0.2, -0.15) is 9.78 Å². The van der Waals surface area contributed by atoms with E-state index >= 15 is 0 Å². The quantitative estimate of drug-likeness (QED) is 0.582. The minimum absolute atomic E-state index is 0.412. The van der Waals surface area contributed by atoms with Crippen LogP contribution in [-0.4, -0.2) is 21.1 Å². The van der Waals surface area contributed by atoms with Crippen molar-refractivity contribution in [3.05, 3.63) is 64.6 Å². The van der Waals surface area contributed by atoms with E-state index < -0.39 is 0 Å². The van der Waals surface area contributed by atoms with E-state index in [-0.39, 0.29) is 0 Å². The van der Waals surface area contributed by atoms with Gasteiger partial charge < -0.3 is 4.42 Å². The van der Waals surface area contributed by atoms with Crippen LogP contribution in [0.15, 0.2) is 63.8 Å². The lowest BCUT2D eigenvalue weighted by Gasteiger charge is -1.98. The summed E-state index contributed by atoms with van der Waals surface area (Å²) < 4.78 is 7.29. The van der Waals surface area contributed by atoms with Crippen LogP contribution in [0, 0.1) is 4.77 Å². The summed E-state index contributed by atoms with van der Waals surface area (Å²) in [6.07, 6.45) is 5.37. The molecule has 0 fully saturated rings. The van der Waals surface area contributed by atoms with Gasteiger partial charge in [0, 0.05) is 0 Å². The zero-order chi connectivity index (χ0) is 15.4. The number of rotatable bonds is 4. The van der Waals surface area contributed by atoms with Gasteiger partial charge in [0.05, 0.1) is 12.5 Å². The number of aromatic nitrogens is 3. The predicted molar refractivity (Wildman–Crippen MR) is 89.1 cm³/mol. The Bertz CT molecular complexity index is 857. The summed E-state index contributed by atoms with van der Waals surface area (Å²) in [6.45, 7) is 1.98. The Balaban J connectivity index is 1.89. The monoisotopic (exact) mass is 310 g/mol. The Morgan fingerprint density at radius 3 is 2.82 bits per heavy atom. The molecule has 0 bridgehead atoms. The van der Waals surface area contributed by atoms with Gasteiger partial charge in [0.1, 0.15) is 0 Å². The van der Waals surface area contributed by atoms with E-state index in [2.05, 4.69) is 15.3 Å². The smallest absolute Gasteiger partial charge is 0.219 e. The lowest BCUT2D eigenvalue weighted by atomic mass is 10.1. The van der Waals surface area contributed by atoms with Crippen LogP contribution in [0.25, 0.3) is 17.7 Å². The molecule has 0 atom stereocenters. The van der Waals surface area contributed by atoms with Gasteiger partial charge in [0.25, 0.3) is 0 Å². The molecule has 0 unspecified atom stereocenters. The average molecular weight is 310 g/mol. The van der Waals surface area contributed by atoms with E-state index in [4.69, 9.17) is 16.6 Å².